The van der Waals surface area contributed by atoms with E-state index in [1.165, 1.54) is 7.11 Å². The van der Waals surface area contributed by atoms with Gasteiger partial charge in [-0.2, -0.15) is 0 Å². The number of carbonyl (C=O) groups is 3. The van der Waals surface area contributed by atoms with E-state index < -0.39 is 29.8 Å². The molecule has 2 rings (SSSR count). The van der Waals surface area contributed by atoms with Crippen molar-refractivity contribution in [3.05, 3.63) is 60.2 Å². The fourth-order valence-electron chi connectivity index (χ4n) is 2.92. The van der Waals surface area contributed by atoms with E-state index in [4.69, 9.17) is 14.2 Å². The Hall–Kier alpha value is -3.59. The van der Waals surface area contributed by atoms with E-state index in [-0.39, 0.29) is 25.4 Å². The lowest BCUT2D eigenvalue weighted by molar-refractivity contribution is -0.143. The van der Waals surface area contributed by atoms with Gasteiger partial charge in [-0.25, -0.2) is 9.59 Å². The molecule has 2 atom stereocenters. The zero-order valence-corrected chi connectivity index (χ0v) is 19.9. The third kappa shape index (κ3) is 9.50. The highest BCUT2D eigenvalue weighted by Crippen LogP contribution is 2.19. The summed E-state index contributed by atoms with van der Waals surface area (Å²) in [4.78, 5) is 36.3. The third-order valence-corrected chi connectivity index (χ3v) is 4.57. The summed E-state index contributed by atoms with van der Waals surface area (Å²) in [5.41, 5.74) is 0.575. The molecule has 0 saturated carbocycles. The second-order valence-electron chi connectivity index (χ2n) is 8.57. The van der Waals surface area contributed by atoms with E-state index in [1.54, 1.807) is 45.0 Å². The van der Waals surface area contributed by atoms with Gasteiger partial charge in [0.05, 0.1) is 7.11 Å². The number of nitrogens with one attached hydrogen (secondary N) is 2. The maximum absolute atomic E-state index is 12.3. The van der Waals surface area contributed by atoms with Crippen molar-refractivity contribution in [1.29, 1.82) is 0 Å². The van der Waals surface area contributed by atoms with Gasteiger partial charge < -0.3 is 30.0 Å². The minimum atomic E-state index is -1.02. The van der Waals surface area contributed by atoms with Gasteiger partial charge in [-0.05, 0) is 57.0 Å². The van der Waals surface area contributed by atoms with Crippen molar-refractivity contribution >= 4 is 23.7 Å². The Kier molecular flexibility index (Phi) is 9.88. The van der Waals surface area contributed by atoms with Crippen molar-refractivity contribution in [3.8, 4) is 5.75 Å². The number of esters is 1. The van der Waals surface area contributed by atoms with E-state index in [1.807, 2.05) is 30.3 Å². The van der Waals surface area contributed by atoms with Gasteiger partial charge in [0, 0.05) is 12.1 Å². The standard InChI is InChI=1S/C25H32N2O7/c1-25(2,3)34-24(31)27-20(23(30)32-4)14-15-22(29)26-18-10-12-19(13-11-18)33-16-21(28)17-8-6-5-7-9-17/h5-13,20-21,28H,14-16H2,1-4H3,(H,26,29)(H,27,31). The van der Waals surface area contributed by atoms with Crippen molar-refractivity contribution in [3.63, 3.8) is 0 Å². The molecule has 2 aromatic rings. The van der Waals surface area contributed by atoms with Crippen LogP contribution in [0.25, 0.3) is 0 Å². The minimum Gasteiger partial charge on any atom is -0.491 e. The lowest BCUT2D eigenvalue weighted by Crippen LogP contribution is -2.44. The van der Waals surface area contributed by atoms with Gasteiger partial charge in [0.15, 0.2) is 0 Å². The Morgan fingerprint density at radius 1 is 1.00 bits per heavy atom. The zero-order chi connectivity index (χ0) is 25.1. The monoisotopic (exact) mass is 472 g/mol. The van der Waals surface area contributed by atoms with Crippen LogP contribution in [0.2, 0.25) is 0 Å². The molecule has 9 nitrogen and oxygen atoms in total. The van der Waals surface area contributed by atoms with E-state index in [0.717, 1.165) is 5.56 Å². The van der Waals surface area contributed by atoms with E-state index in [2.05, 4.69) is 10.6 Å². The van der Waals surface area contributed by atoms with Crippen LogP contribution in [-0.4, -0.2) is 48.4 Å². The molecule has 0 fully saturated rings. The maximum Gasteiger partial charge on any atom is 0.408 e. The Bertz CT molecular complexity index is 940. The molecule has 2 aromatic carbocycles. The van der Waals surface area contributed by atoms with Crippen LogP contribution in [-0.2, 0) is 19.1 Å². The third-order valence-electron chi connectivity index (χ3n) is 4.57. The van der Waals surface area contributed by atoms with E-state index >= 15 is 0 Å². The van der Waals surface area contributed by atoms with Crippen molar-refractivity contribution in [2.45, 2.75) is 51.4 Å². The van der Waals surface area contributed by atoms with Crippen LogP contribution in [0.5, 0.6) is 5.75 Å². The number of amides is 2. The van der Waals surface area contributed by atoms with Crippen LogP contribution in [0.15, 0.2) is 54.6 Å². The van der Waals surface area contributed by atoms with Crippen molar-refractivity contribution in [2.24, 2.45) is 0 Å². The molecule has 0 aliphatic carbocycles. The summed E-state index contributed by atoms with van der Waals surface area (Å²) in [5, 5.41) is 15.3. The molecule has 0 aliphatic heterocycles. The quantitative estimate of drug-likeness (QED) is 0.452. The lowest BCUT2D eigenvalue weighted by Gasteiger charge is -2.22. The normalized spacial score (nSPS) is 12.7. The summed E-state index contributed by atoms with van der Waals surface area (Å²) in [6, 6.07) is 14.9. The number of anilines is 1. The second-order valence-corrected chi connectivity index (χ2v) is 8.57. The summed E-state index contributed by atoms with van der Waals surface area (Å²) in [6.45, 7) is 5.20. The van der Waals surface area contributed by atoms with Gasteiger partial charge in [-0.3, -0.25) is 4.79 Å². The van der Waals surface area contributed by atoms with Gasteiger partial charge in [0.25, 0.3) is 0 Å². The Morgan fingerprint density at radius 2 is 1.65 bits per heavy atom. The number of aliphatic hydroxyl groups is 1. The maximum atomic E-state index is 12.3. The number of hydrogen-bond donors (Lipinski definition) is 3. The molecule has 2 amide bonds. The number of benzene rings is 2. The number of carbonyl (C=O) groups excluding carboxylic acids is 3. The van der Waals surface area contributed by atoms with Gasteiger partial charge in [-0.1, -0.05) is 30.3 Å². The van der Waals surface area contributed by atoms with Crippen LogP contribution >= 0.6 is 0 Å². The SMILES string of the molecule is COC(=O)C(CCC(=O)Nc1ccc(OCC(O)c2ccccc2)cc1)NC(=O)OC(C)(C)C. The highest BCUT2D eigenvalue weighted by molar-refractivity contribution is 5.91. The molecular formula is C25H32N2O7. The van der Waals surface area contributed by atoms with Crippen molar-refractivity contribution < 1.29 is 33.7 Å². The summed E-state index contributed by atoms with van der Waals surface area (Å²) < 4.78 is 15.5. The number of methoxy groups -OCH3 is 1. The molecule has 0 heterocycles. The molecule has 184 valence electrons. The van der Waals surface area contributed by atoms with Gasteiger partial charge >= 0.3 is 12.1 Å². The molecule has 34 heavy (non-hydrogen) atoms. The second kappa shape index (κ2) is 12.6. The summed E-state index contributed by atoms with van der Waals surface area (Å²) >= 11 is 0. The first-order chi connectivity index (χ1) is 16.1. The van der Waals surface area contributed by atoms with E-state index in [0.29, 0.717) is 11.4 Å². The molecule has 3 N–H and O–H groups in total. The fourth-order valence-corrected chi connectivity index (χ4v) is 2.92. The molecule has 9 heteroatoms. The van der Waals surface area contributed by atoms with E-state index in [9.17, 15) is 19.5 Å². The van der Waals surface area contributed by atoms with Crippen LogP contribution in [0.4, 0.5) is 10.5 Å². The van der Waals surface area contributed by atoms with Crippen molar-refractivity contribution in [2.75, 3.05) is 19.0 Å². The highest BCUT2D eigenvalue weighted by Gasteiger charge is 2.25. The van der Waals surface area contributed by atoms with Crippen LogP contribution < -0.4 is 15.4 Å². The average molecular weight is 473 g/mol. The highest BCUT2D eigenvalue weighted by atomic mass is 16.6. The predicted molar refractivity (Wildman–Crippen MR) is 126 cm³/mol. The number of alkyl carbamates (subject to hydrolysis) is 1. The molecule has 2 unspecified atom stereocenters. The molecular weight excluding hydrogens is 440 g/mol. The summed E-state index contributed by atoms with van der Waals surface area (Å²) in [6.07, 6.45) is -1.51. The fraction of sp³-hybridized carbons (Fsp3) is 0.400. The topological polar surface area (TPSA) is 123 Å². The first kappa shape index (κ1) is 26.7. The largest absolute Gasteiger partial charge is 0.491 e. The predicted octanol–water partition coefficient (Wildman–Crippen LogP) is 3.58. The molecule has 0 radical (unpaired) electrons. The summed E-state index contributed by atoms with van der Waals surface area (Å²) in [5.74, 6) is -0.466. The van der Waals surface area contributed by atoms with Crippen LogP contribution in [0, 0.1) is 0 Å². The average Bonchev–Trinajstić information content (AvgIpc) is 2.80. The number of ether oxygens (including phenoxy) is 3. The van der Waals surface area contributed by atoms with Gasteiger partial charge in [0.1, 0.15) is 30.1 Å². The number of hydrogen-bond acceptors (Lipinski definition) is 7. The molecule has 0 bridgehead atoms. The smallest absolute Gasteiger partial charge is 0.408 e. The summed E-state index contributed by atoms with van der Waals surface area (Å²) in [7, 11) is 1.20. The number of rotatable bonds is 10. The zero-order valence-electron chi connectivity index (χ0n) is 19.9. The molecule has 0 spiro atoms. The molecule has 0 aromatic heterocycles. The van der Waals surface area contributed by atoms with Crippen molar-refractivity contribution in [1.82, 2.24) is 5.32 Å². The lowest BCUT2D eigenvalue weighted by atomic mass is 10.1. The number of aliphatic hydroxyl groups excluding tert-OH is 1. The molecule has 0 saturated heterocycles. The van der Waals surface area contributed by atoms with Crippen LogP contribution in [0.1, 0.15) is 45.3 Å². The van der Waals surface area contributed by atoms with Crippen LogP contribution in [0.3, 0.4) is 0 Å². The minimum absolute atomic E-state index is 0.0307. The Labute approximate surface area is 199 Å². The van der Waals surface area contributed by atoms with Gasteiger partial charge in [0.2, 0.25) is 5.91 Å². The first-order valence-corrected chi connectivity index (χ1v) is 10.9. The Balaban J connectivity index is 1.82. The van der Waals surface area contributed by atoms with Gasteiger partial charge in [-0.15, -0.1) is 0 Å². The Morgan fingerprint density at radius 3 is 2.24 bits per heavy atom. The molecule has 0 aliphatic rings. The first-order valence-electron chi connectivity index (χ1n) is 10.9.